The Morgan fingerprint density at radius 3 is 2.22 bits per heavy atom. The van der Waals surface area contributed by atoms with Crippen LogP contribution in [0.3, 0.4) is 0 Å². The van der Waals surface area contributed by atoms with Crippen LogP contribution in [-0.4, -0.2) is 62.7 Å². The van der Waals surface area contributed by atoms with Gasteiger partial charge in [-0.1, -0.05) is 23.8 Å². The predicted octanol–water partition coefficient (Wildman–Crippen LogP) is 3.01. The fourth-order valence-electron chi connectivity index (χ4n) is 3.38. The van der Waals surface area contributed by atoms with Crippen LogP contribution in [-0.2, 0) is 6.42 Å². The van der Waals surface area contributed by atoms with Crippen LogP contribution in [0, 0.1) is 6.92 Å². The number of amides is 1. The average Bonchev–Trinajstić information content (AvgIpc) is 2.72. The lowest BCUT2D eigenvalue weighted by Gasteiger charge is -2.34. The Labute approximate surface area is 161 Å². The van der Waals surface area contributed by atoms with Crippen molar-refractivity contribution in [1.82, 2.24) is 9.80 Å². The van der Waals surface area contributed by atoms with Crippen molar-refractivity contribution in [1.29, 1.82) is 0 Å². The van der Waals surface area contributed by atoms with Gasteiger partial charge in [0.15, 0.2) is 11.5 Å². The Bertz CT molecular complexity index is 766. The van der Waals surface area contributed by atoms with E-state index < -0.39 is 0 Å². The molecule has 3 rings (SSSR count). The van der Waals surface area contributed by atoms with Gasteiger partial charge < -0.3 is 14.4 Å². The summed E-state index contributed by atoms with van der Waals surface area (Å²) in [5.74, 6) is 1.66. The van der Waals surface area contributed by atoms with Crippen LogP contribution >= 0.6 is 0 Å². The SMILES string of the molecule is COc1ccc(CCN2CCN(C(=O)c3ccc(C)cc3)CC2)cc1OC. The number of benzene rings is 2. The van der Waals surface area contributed by atoms with Gasteiger partial charge >= 0.3 is 0 Å². The van der Waals surface area contributed by atoms with E-state index in [9.17, 15) is 4.79 Å². The van der Waals surface area contributed by atoms with E-state index in [1.165, 1.54) is 11.1 Å². The fourth-order valence-corrected chi connectivity index (χ4v) is 3.38. The molecular formula is C22H28N2O3. The smallest absolute Gasteiger partial charge is 0.253 e. The topological polar surface area (TPSA) is 42.0 Å². The summed E-state index contributed by atoms with van der Waals surface area (Å²) >= 11 is 0. The molecule has 0 atom stereocenters. The zero-order valence-corrected chi connectivity index (χ0v) is 16.4. The number of ether oxygens (including phenoxy) is 2. The van der Waals surface area contributed by atoms with Crippen LogP contribution in [0.1, 0.15) is 21.5 Å². The molecule has 5 nitrogen and oxygen atoms in total. The molecule has 1 aliphatic rings. The van der Waals surface area contributed by atoms with Crippen LogP contribution in [0.4, 0.5) is 0 Å². The first-order chi connectivity index (χ1) is 13.1. The molecule has 0 radical (unpaired) electrons. The minimum absolute atomic E-state index is 0.134. The highest BCUT2D eigenvalue weighted by atomic mass is 16.5. The molecule has 0 saturated carbocycles. The average molecular weight is 368 g/mol. The van der Waals surface area contributed by atoms with E-state index in [-0.39, 0.29) is 5.91 Å². The molecule has 1 amide bonds. The van der Waals surface area contributed by atoms with Gasteiger partial charge in [0.25, 0.3) is 5.91 Å². The first-order valence-corrected chi connectivity index (χ1v) is 9.40. The second-order valence-corrected chi connectivity index (χ2v) is 6.94. The van der Waals surface area contributed by atoms with E-state index in [1.807, 2.05) is 48.2 Å². The first kappa shape index (κ1) is 19.2. The highest BCUT2D eigenvalue weighted by molar-refractivity contribution is 5.94. The predicted molar refractivity (Wildman–Crippen MR) is 107 cm³/mol. The molecule has 1 saturated heterocycles. The van der Waals surface area contributed by atoms with Gasteiger partial charge in [0.05, 0.1) is 14.2 Å². The largest absolute Gasteiger partial charge is 0.493 e. The number of aryl methyl sites for hydroxylation is 1. The van der Waals surface area contributed by atoms with Crippen LogP contribution in [0.25, 0.3) is 0 Å². The zero-order valence-electron chi connectivity index (χ0n) is 16.4. The fraction of sp³-hybridized carbons (Fsp3) is 0.409. The van der Waals surface area contributed by atoms with Crippen LogP contribution in [0.2, 0.25) is 0 Å². The standard InChI is InChI=1S/C22H28N2O3/c1-17-4-7-19(8-5-17)22(25)24-14-12-23(13-15-24)11-10-18-6-9-20(26-2)21(16-18)27-3/h4-9,16H,10-15H2,1-3H3. The van der Waals surface area contributed by atoms with Gasteiger partial charge in [-0.3, -0.25) is 9.69 Å². The van der Waals surface area contributed by atoms with E-state index in [2.05, 4.69) is 11.0 Å². The number of nitrogens with zero attached hydrogens (tertiary/aromatic N) is 2. The summed E-state index contributed by atoms with van der Waals surface area (Å²) in [6.45, 7) is 6.38. The minimum Gasteiger partial charge on any atom is -0.493 e. The molecule has 27 heavy (non-hydrogen) atoms. The molecule has 1 aliphatic heterocycles. The van der Waals surface area contributed by atoms with Crippen LogP contribution in [0.5, 0.6) is 11.5 Å². The third-order valence-electron chi connectivity index (χ3n) is 5.12. The minimum atomic E-state index is 0.134. The summed E-state index contributed by atoms with van der Waals surface area (Å²) in [5.41, 5.74) is 3.18. The lowest BCUT2D eigenvalue weighted by molar-refractivity contribution is 0.0638. The lowest BCUT2D eigenvalue weighted by Crippen LogP contribution is -2.49. The van der Waals surface area contributed by atoms with Crippen molar-refractivity contribution in [2.24, 2.45) is 0 Å². The Balaban J connectivity index is 1.49. The summed E-state index contributed by atoms with van der Waals surface area (Å²) in [6, 6.07) is 13.9. The van der Waals surface area contributed by atoms with Crippen molar-refractivity contribution in [3.05, 3.63) is 59.2 Å². The third-order valence-corrected chi connectivity index (χ3v) is 5.12. The third kappa shape index (κ3) is 4.80. The lowest BCUT2D eigenvalue weighted by atomic mass is 10.1. The Kier molecular flexibility index (Phi) is 6.35. The van der Waals surface area contributed by atoms with Crippen LogP contribution in [0.15, 0.2) is 42.5 Å². The van der Waals surface area contributed by atoms with Gasteiger partial charge in [0.2, 0.25) is 0 Å². The van der Waals surface area contributed by atoms with Gasteiger partial charge in [-0.2, -0.15) is 0 Å². The molecule has 1 heterocycles. The highest BCUT2D eigenvalue weighted by Crippen LogP contribution is 2.27. The number of carbonyl (C=O) groups is 1. The summed E-state index contributed by atoms with van der Waals surface area (Å²) in [6.07, 6.45) is 0.951. The van der Waals surface area contributed by atoms with Crippen molar-refractivity contribution < 1.29 is 14.3 Å². The summed E-state index contributed by atoms with van der Waals surface area (Å²) in [7, 11) is 3.31. The van der Waals surface area contributed by atoms with E-state index >= 15 is 0 Å². The molecule has 2 aromatic rings. The number of carbonyl (C=O) groups excluding carboxylic acids is 1. The molecule has 5 heteroatoms. The summed E-state index contributed by atoms with van der Waals surface area (Å²) in [5, 5.41) is 0. The maximum Gasteiger partial charge on any atom is 0.253 e. The molecule has 2 aromatic carbocycles. The second-order valence-electron chi connectivity index (χ2n) is 6.94. The number of piperazine rings is 1. The maximum atomic E-state index is 12.6. The van der Waals surface area contributed by atoms with Crippen LogP contribution < -0.4 is 9.47 Å². The molecule has 0 N–H and O–H groups in total. The summed E-state index contributed by atoms with van der Waals surface area (Å²) < 4.78 is 10.7. The molecular weight excluding hydrogens is 340 g/mol. The second kappa shape index (κ2) is 8.91. The van der Waals surface area contributed by atoms with Gasteiger partial charge in [0.1, 0.15) is 0 Å². The highest BCUT2D eigenvalue weighted by Gasteiger charge is 2.21. The van der Waals surface area contributed by atoms with Crippen molar-refractivity contribution in [2.75, 3.05) is 46.9 Å². The zero-order chi connectivity index (χ0) is 19.2. The number of rotatable bonds is 6. The normalized spacial score (nSPS) is 14.9. The number of methoxy groups -OCH3 is 2. The van der Waals surface area contributed by atoms with Gasteiger partial charge in [-0.05, 0) is 43.2 Å². The van der Waals surface area contributed by atoms with Gasteiger partial charge in [-0.25, -0.2) is 0 Å². The summed E-state index contributed by atoms with van der Waals surface area (Å²) in [4.78, 5) is 17.0. The first-order valence-electron chi connectivity index (χ1n) is 9.40. The molecule has 0 unspecified atom stereocenters. The quantitative estimate of drug-likeness (QED) is 0.786. The van der Waals surface area contributed by atoms with E-state index in [4.69, 9.17) is 9.47 Å². The van der Waals surface area contributed by atoms with E-state index in [1.54, 1.807) is 14.2 Å². The Hall–Kier alpha value is -2.53. The molecule has 0 bridgehead atoms. The van der Waals surface area contributed by atoms with E-state index in [0.29, 0.717) is 0 Å². The molecule has 144 valence electrons. The Morgan fingerprint density at radius 2 is 1.59 bits per heavy atom. The van der Waals surface area contributed by atoms with Crippen molar-refractivity contribution in [3.63, 3.8) is 0 Å². The van der Waals surface area contributed by atoms with Gasteiger partial charge in [0, 0.05) is 38.3 Å². The molecule has 0 aromatic heterocycles. The van der Waals surface area contributed by atoms with Crippen molar-refractivity contribution in [3.8, 4) is 11.5 Å². The molecule has 0 aliphatic carbocycles. The number of hydrogen-bond acceptors (Lipinski definition) is 4. The maximum absolute atomic E-state index is 12.6. The van der Waals surface area contributed by atoms with Gasteiger partial charge in [-0.15, -0.1) is 0 Å². The van der Waals surface area contributed by atoms with Crippen molar-refractivity contribution >= 4 is 5.91 Å². The number of hydrogen-bond donors (Lipinski definition) is 0. The van der Waals surface area contributed by atoms with Crippen molar-refractivity contribution in [2.45, 2.75) is 13.3 Å². The molecule has 0 spiro atoms. The van der Waals surface area contributed by atoms with E-state index in [0.717, 1.165) is 56.2 Å². The Morgan fingerprint density at radius 1 is 0.926 bits per heavy atom. The monoisotopic (exact) mass is 368 g/mol. The molecule has 1 fully saturated rings.